The molecule has 0 saturated heterocycles. The Morgan fingerprint density at radius 3 is 2.48 bits per heavy atom. The molecule has 5 heteroatoms. The van der Waals surface area contributed by atoms with Gasteiger partial charge in [0, 0.05) is 12.2 Å². The number of carbonyl (C=O) groups excluding carboxylic acids is 2. The molecule has 0 aliphatic carbocycles. The Labute approximate surface area is 147 Å². The first-order chi connectivity index (χ1) is 12.0. The minimum absolute atomic E-state index is 0.200. The highest BCUT2D eigenvalue weighted by molar-refractivity contribution is 5.97. The SMILES string of the molecule is Cc1cccc(C(=O)OCC(=O)N(CCC#N)c2ccccc2)c1C. The van der Waals surface area contributed by atoms with Crippen LogP contribution in [0, 0.1) is 25.2 Å². The van der Waals surface area contributed by atoms with Crippen molar-refractivity contribution < 1.29 is 14.3 Å². The molecule has 0 heterocycles. The monoisotopic (exact) mass is 336 g/mol. The third-order valence-corrected chi connectivity index (χ3v) is 3.97. The number of anilines is 1. The van der Waals surface area contributed by atoms with Crippen LogP contribution >= 0.6 is 0 Å². The first-order valence-corrected chi connectivity index (χ1v) is 8.00. The van der Waals surface area contributed by atoms with E-state index in [4.69, 9.17) is 10.00 Å². The van der Waals surface area contributed by atoms with Gasteiger partial charge in [-0.15, -0.1) is 0 Å². The largest absolute Gasteiger partial charge is 0.452 e. The van der Waals surface area contributed by atoms with Crippen LogP contribution in [0.15, 0.2) is 48.5 Å². The summed E-state index contributed by atoms with van der Waals surface area (Å²) in [5, 5.41) is 8.79. The topological polar surface area (TPSA) is 70.4 Å². The number of benzene rings is 2. The normalized spacial score (nSPS) is 9.96. The van der Waals surface area contributed by atoms with Gasteiger partial charge in [0.15, 0.2) is 6.61 Å². The van der Waals surface area contributed by atoms with E-state index in [9.17, 15) is 9.59 Å². The van der Waals surface area contributed by atoms with Crippen LogP contribution in [0.1, 0.15) is 27.9 Å². The maximum atomic E-state index is 12.5. The van der Waals surface area contributed by atoms with E-state index in [0.717, 1.165) is 11.1 Å². The Morgan fingerprint density at radius 2 is 1.80 bits per heavy atom. The lowest BCUT2D eigenvalue weighted by Gasteiger charge is -2.21. The fraction of sp³-hybridized carbons (Fsp3) is 0.250. The maximum Gasteiger partial charge on any atom is 0.338 e. The molecule has 128 valence electrons. The van der Waals surface area contributed by atoms with Gasteiger partial charge in [-0.3, -0.25) is 4.79 Å². The van der Waals surface area contributed by atoms with Gasteiger partial charge in [0.1, 0.15) is 0 Å². The second-order valence-electron chi connectivity index (χ2n) is 5.61. The van der Waals surface area contributed by atoms with Crippen LogP contribution < -0.4 is 4.90 Å². The zero-order valence-corrected chi connectivity index (χ0v) is 14.4. The molecule has 0 spiro atoms. The van der Waals surface area contributed by atoms with Crippen molar-refractivity contribution in [3.05, 3.63) is 65.2 Å². The van der Waals surface area contributed by atoms with Gasteiger partial charge in [-0.1, -0.05) is 30.3 Å². The zero-order valence-electron chi connectivity index (χ0n) is 14.4. The van der Waals surface area contributed by atoms with Crippen LogP contribution in [-0.4, -0.2) is 25.0 Å². The van der Waals surface area contributed by atoms with Gasteiger partial charge in [-0.05, 0) is 43.2 Å². The van der Waals surface area contributed by atoms with E-state index in [2.05, 4.69) is 0 Å². The Hall–Kier alpha value is -3.13. The quantitative estimate of drug-likeness (QED) is 0.758. The van der Waals surface area contributed by atoms with E-state index in [-0.39, 0.29) is 25.5 Å². The van der Waals surface area contributed by atoms with Crippen LogP contribution in [0.2, 0.25) is 0 Å². The summed E-state index contributed by atoms with van der Waals surface area (Å²) in [5.74, 6) is -0.886. The van der Waals surface area contributed by atoms with Gasteiger partial charge in [0.25, 0.3) is 5.91 Å². The van der Waals surface area contributed by atoms with Gasteiger partial charge in [0.2, 0.25) is 0 Å². The van der Waals surface area contributed by atoms with Gasteiger partial charge < -0.3 is 9.64 Å². The molecule has 0 aliphatic heterocycles. The molecule has 5 nitrogen and oxygen atoms in total. The molecule has 0 fully saturated rings. The second-order valence-corrected chi connectivity index (χ2v) is 5.61. The van der Waals surface area contributed by atoms with Crippen molar-refractivity contribution in [2.24, 2.45) is 0 Å². The molecule has 0 unspecified atom stereocenters. The van der Waals surface area contributed by atoms with E-state index >= 15 is 0 Å². The number of hydrogen-bond acceptors (Lipinski definition) is 4. The van der Waals surface area contributed by atoms with Crippen molar-refractivity contribution in [3.63, 3.8) is 0 Å². The Balaban J connectivity index is 2.07. The summed E-state index contributed by atoms with van der Waals surface area (Å²) in [5.41, 5.74) is 2.95. The summed E-state index contributed by atoms with van der Waals surface area (Å²) >= 11 is 0. The van der Waals surface area contributed by atoms with Crippen LogP contribution in [0.5, 0.6) is 0 Å². The van der Waals surface area contributed by atoms with Crippen LogP contribution in [0.4, 0.5) is 5.69 Å². The van der Waals surface area contributed by atoms with Crippen molar-refractivity contribution in [1.82, 2.24) is 0 Å². The number of amides is 1. The number of para-hydroxylation sites is 1. The number of nitrogens with zero attached hydrogens (tertiary/aromatic N) is 2. The average Bonchev–Trinajstić information content (AvgIpc) is 2.63. The van der Waals surface area contributed by atoms with Gasteiger partial charge >= 0.3 is 5.97 Å². The molecular weight excluding hydrogens is 316 g/mol. The van der Waals surface area contributed by atoms with Crippen LogP contribution in [0.3, 0.4) is 0 Å². The molecule has 0 aliphatic rings. The molecular formula is C20H20N2O3. The maximum absolute atomic E-state index is 12.5. The molecule has 0 bridgehead atoms. The average molecular weight is 336 g/mol. The lowest BCUT2D eigenvalue weighted by atomic mass is 10.0. The molecule has 0 atom stereocenters. The number of aryl methyl sites for hydroxylation is 1. The highest BCUT2D eigenvalue weighted by Crippen LogP contribution is 2.16. The molecule has 2 rings (SSSR count). The van der Waals surface area contributed by atoms with Crippen molar-refractivity contribution >= 4 is 17.6 Å². The van der Waals surface area contributed by atoms with Crippen molar-refractivity contribution in [2.75, 3.05) is 18.1 Å². The van der Waals surface area contributed by atoms with Crippen LogP contribution in [0.25, 0.3) is 0 Å². The second kappa shape index (κ2) is 8.65. The van der Waals surface area contributed by atoms with E-state index in [1.54, 1.807) is 24.3 Å². The smallest absolute Gasteiger partial charge is 0.338 e. The van der Waals surface area contributed by atoms with Crippen molar-refractivity contribution in [1.29, 1.82) is 5.26 Å². The van der Waals surface area contributed by atoms with E-state index < -0.39 is 5.97 Å². The molecule has 2 aromatic rings. The summed E-state index contributed by atoms with van der Waals surface area (Å²) in [7, 11) is 0. The van der Waals surface area contributed by atoms with Gasteiger partial charge in [-0.2, -0.15) is 5.26 Å². The lowest BCUT2D eigenvalue weighted by molar-refractivity contribution is -0.121. The molecule has 0 radical (unpaired) electrons. The standard InChI is InChI=1S/C20H20N2O3/c1-15-8-6-11-18(16(15)2)20(24)25-14-19(23)22(13-7-12-21)17-9-4-3-5-10-17/h3-6,8-11H,7,13-14H2,1-2H3. The predicted octanol–water partition coefficient (Wildman–Crippen LogP) is 3.41. The van der Waals surface area contributed by atoms with Gasteiger partial charge in [-0.25, -0.2) is 4.79 Å². The summed E-state index contributed by atoms with van der Waals surface area (Å²) < 4.78 is 5.20. The summed E-state index contributed by atoms with van der Waals surface area (Å²) in [6, 6.07) is 16.4. The molecule has 2 aromatic carbocycles. The minimum atomic E-state index is -0.525. The lowest BCUT2D eigenvalue weighted by Crippen LogP contribution is -2.35. The summed E-state index contributed by atoms with van der Waals surface area (Å²) in [6.45, 7) is 3.64. The summed E-state index contributed by atoms with van der Waals surface area (Å²) in [4.78, 5) is 26.2. The molecule has 25 heavy (non-hydrogen) atoms. The zero-order chi connectivity index (χ0) is 18.2. The Kier molecular flexibility index (Phi) is 6.30. The first kappa shape index (κ1) is 18.2. The third kappa shape index (κ3) is 4.67. The van der Waals surface area contributed by atoms with Gasteiger partial charge in [0.05, 0.1) is 18.1 Å². The predicted molar refractivity (Wildman–Crippen MR) is 95.2 cm³/mol. The molecule has 1 amide bonds. The number of esters is 1. The van der Waals surface area contributed by atoms with Crippen LogP contribution in [-0.2, 0) is 9.53 Å². The number of hydrogen-bond donors (Lipinski definition) is 0. The third-order valence-electron chi connectivity index (χ3n) is 3.97. The van der Waals surface area contributed by atoms with Crippen molar-refractivity contribution in [2.45, 2.75) is 20.3 Å². The summed E-state index contributed by atoms with van der Waals surface area (Å²) in [6.07, 6.45) is 0.200. The fourth-order valence-electron chi connectivity index (χ4n) is 2.42. The number of ether oxygens (including phenoxy) is 1. The Bertz CT molecular complexity index is 794. The fourth-order valence-corrected chi connectivity index (χ4v) is 2.42. The molecule has 0 saturated carbocycles. The Morgan fingerprint density at radius 1 is 1.08 bits per heavy atom. The highest BCUT2D eigenvalue weighted by Gasteiger charge is 2.19. The first-order valence-electron chi connectivity index (χ1n) is 8.00. The molecule has 0 aromatic heterocycles. The highest BCUT2D eigenvalue weighted by atomic mass is 16.5. The van der Waals surface area contributed by atoms with Crippen molar-refractivity contribution in [3.8, 4) is 6.07 Å². The minimum Gasteiger partial charge on any atom is -0.452 e. The number of nitriles is 1. The number of rotatable bonds is 6. The number of carbonyl (C=O) groups is 2. The van der Waals surface area contributed by atoms with E-state index in [1.807, 2.05) is 44.2 Å². The van der Waals surface area contributed by atoms with E-state index in [0.29, 0.717) is 11.3 Å². The molecule has 0 N–H and O–H groups in total. The van der Waals surface area contributed by atoms with E-state index in [1.165, 1.54) is 4.90 Å².